The summed E-state index contributed by atoms with van der Waals surface area (Å²) in [6.07, 6.45) is 2.48. The van der Waals surface area contributed by atoms with Crippen LogP contribution in [0.4, 0.5) is 10.1 Å². The van der Waals surface area contributed by atoms with Crippen molar-refractivity contribution in [1.82, 2.24) is 0 Å². The lowest BCUT2D eigenvalue weighted by molar-refractivity contribution is -0.384. The molecule has 0 N–H and O–H groups in total. The molecule has 2 aromatic carbocycles. The lowest BCUT2D eigenvalue weighted by Gasteiger charge is -2.06. The second kappa shape index (κ2) is 10.7. The number of nitro benzene ring substituents is 1. The number of nitro groups is 1. The Labute approximate surface area is 150 Å². The van der Waals surface area contributed by atoms with E-state index in [-0.39, 0.29) is 11.3 Å². The van der Waals surface area contributed by atoms with E-state index < -0.39 is 19.8 Å². The van der Waals surface area contributed by atoms with Gasteiger partial charge in [0.25, 0.3) is 5.69 Å². The van der Waals surface area contributed by atoms with Crippen LogP contribution >= 0.6 is 0 Å². The highest BCUT2D eigenvalue weighted by molar-refractivity contribution is 6.48. The standard InChI is InChI=1S/C13H10FNO2.C6H16OSi/c1-9-12(14)8-7-11(13(9)15(16)17)10-5-3-2-4-6-10;1-4-5-6-7-8(2)3/h2-8H,1H3;8H,4-6H2,1-3H3. The van der Waals surface area contributed by atoms with Gasteiger partial charge in [0.2, 0.25) is 0 Å². The Morgan fingerprint density at radius 1 is 1.16 bits per heavy atom. The van der Waals surface area contributed by atoms with Crippen molar-refractivity contribution in [2.75, 3.05) is 6.61 Å². The predicted molar refractivity (Wildman–Crippen MR) is 103 cm³/mol. The van der Waals surface area contributed by atoms with Gasteiger partial charge in [0.05, 0.1) is 16.1 Å². The minimum absolute atomic E-state index is 0.0661. The average molecular weight is 364 g/mol. The average Bonchev–Trinajstić information content (AvgIpc) is 2.58. The Hall–Kier alpha value is -2.05. The highest BCUT2D eigenvalue weighted by Gasteiger charge is 2.21. The molecule has 0 amide bonds. The number of hydrogen-bond acceptors (Lipinski definition) is 3. The minimum atomic E-state index is -0.702. The molecule has 0 aliphatic heterocycles. The summed E-state index contributed by atoms with van der Waals surface area (Å²) in [5.41, 5.74) is 1.05. The van der Waals surface area contributed by atoms with Crippen molar-refractivity contribution >= 4 is 14.7 Å². The first-order valence-corrected chi connectivity index (χ1v) is 11.3. The van der Waals surface area contributed by atoms with Crippen LogP contribution < -0.4 is 0 Å². The molecule has 0 aliphatic carbocycles. The van der Waals surface area contributed by atoms with E-state index in [2.05, 4.69) is 20.0 Å². The molecule has 6 heteroatoms. The zero-order valence-electron chi connectivity index (χ0n) is 15.3. The lowest BCUT2D eigenvalue weighted by Crippen LogP contribution is -2.07. The third kappa shape index (κ3) is 6.76. The fourth-order valence-electron chi connectivity index (χ4n) is 2.22. The number of unbranched alkanes of at least 4 members (excludes halogenated alkanes) is 1. The zero-order chi connectivity index (χ0) is 18.8. The van der Waals surface area contributed by atoms with Crippen LogP contribution in [-0.4, -0.2) is 20.6 Å². The molecule has 0 fully saturated rings. The first kappa shape index (κ1) is 21.0. The van der Waals surface area contributed by atoms with Crippen molar-refractivity contribution in [1.29, 1.82) is 0 Å². The zero-order valence-corrected chi connectivity index (χ0v) is 16.4. The van der Waals surface area contributed by atoms with E-state index in [4.69, 9.17) is 4.43 Å². The van der Waals surface area contributed by atoms with E-state index in [1.165, 1.54) is 31.9 Å². The molecule has 0 saturated carbocycles. The largest absolute Gasteiger partial charge is 0.421 e. The van der Waals surface area contributed by atoms with E-state index in [9.17, 15) is 14.5 Å². The van der Waals surface area contributed by atoms with Gasteiger partial charge in [0.15, 0.2) is 9.04 Å². The number of nitrogens with zero attached hydrogens (tertiary/aromatic N) is 1. The molecule has 0 atom stereocenters. The monoisotopic (exact) mass is 363 g/mol. The van der Waals surface area contributed by atoms with Gasteiger partial charge in [-0.3, -0.25) is 10.1 Å². The highest BCUT2D eigenvalue weighted by atomic mass is 28.3. The smallest absolute Gasteiger partial charge is 0.282 e. The summed E-state index contributed by atoms with van der Waals surface area (Å²) < 4.78 is 18.8. The van der Waals surface area contributed by atoms with E-state index in [1.54, 1.807) is 24.3 Å². The highest BCUT2D eigenvalue weighted by Crippen LogP contribution is 2.33. The van der Waals surface area contributed by atoms with Gasteiger partial charge < -0.3 is 4.43 Å². The van der Waals surface area contributed by atoms with Crippen LogP contribution in [0.2, 0.25) is 13.1 Å². The van der Waals surface area contributed by atoms with Crippen molar-refractivity contribution < 1.29 is 13.7 Å². The van der Waals surface area contributed by atoms with Crippen molar-refractivity contribution in [3.8, 4) is 11.1 Å². The van der Waals surface area contributed by atoms with Gasteiger partial charge in [-0.1, -0.05) is 43.7 Å². The summed E-state index contributed by atoms with van der Waals surface area (Å²) in [6.45, 7) is 9.00. The normalized spacial score (nSPS) is 10.3. The predicted octanol–water partition coefficient (Wildman–Crippen LogP) is 5.50. The quantitative estimate of drug-likeness (QED) is 0.295. The number of halogens is 1. The van der Waals surface area contributed by atoms with Crippen molar-refractivity contribution in [3.05, 3.63) is 64.0 Å². The van der Waals surface area contributed by atoms with Gasteiger partial charge in [-0.05, 0) is 44.1 Å². The number of rotatable bonds is 6. The maximum absolute atomic E-state index is 13.3. The topological polar surface area (TPSA) is 52.4 Å². The van der Waals surface area contributed by atoms with Gasteiger partial charge >= 0.3 is 0 Å². The summed E-state index contributed by atoms with van der Waals surface area (Å²) in [5, 5.41) is 11.0. The SMILES string of the molecule is CCCCO[SiH](C)C.Cc1c(F)ccc(-c2ccccc2)c1[N+](=O)[O-]. The van der Waals surface area contributed by atoms with Crippen LogP contribution in [0.25, 0.3) is 11.1 Å². The van der Waals surface area contributed by atoms with Crippen LogP contribution in [0.15, 0.2) is 42.5 Å². The molecule has 0 saturated heterocycles. The fourth-order valence-corrected chi connectivity index (χ4v) is 2.86. The molecule has 0 aromatic heterocycles. The molecule has 2 aromatic rings. The number of benzene rings is 2. The van der Waals surface area contributed by atoms with Gasteiger partial charge in [-0.2, -0.15) is 0 Å². The first-order chi connectivity index (χ1) is 11.9. The maximum Gasteiger partial charge on any atom is 0.282 e. The molecule has 25 heavy (non-hydrogen) atoms. The van der Waals surface area contributed by atoms with E-state index in [1.807, 2.05) is 6.07 Å². The molecule has 0 heterocycles. The fraction of sp³-hybridized carbons (Fsp3) is 0.368. The second-order valence-electron chi connectivity index (χ2n) is 5.96. The summed E-state index contributed by atoms with van der Waals surface area (Å²) in [4.78, 5) is 10.5. The Morgan fingerprint density at radius 3 is 2.32 bits per heavy atom. The van der Waals surface area contributed by atoms with E-state index in [0.717, 1.165) is 6.61 Å². The van der Waals surface area contributed by atoms with Gasteiger partial charge in [0.1, 0.15) is 5.82 Å². The molecular formula is C19H26FNO3Si. The molecular weight excluding hydrogens is 337 g/mol. The van der Waals surface area contributed by atoms with E-state index >= 15 is 0 Å². The van der Waals surface area contributed by atoms with Crippen LogP contribution in [-0.2, 0) is 4.43 Å². The number of hydrogen-bond donors (Lipinski definition) is 0. The van der Waals surface area contributed by atoms with Crippen LogP contribution in [0, 0.1) is 22.9 Å². The van der Waals surface area contributed by atoms with Crippen molar-refractivity contribution in [2.45, 2.75) is 39.8 Å². The molecule has 0 spiro atoms. The molecule has 136 valence electrons. The van der Waals surface area contributed by atoms with Crippen LogP contribution in [0.1, 0.15) is 25.3 Å². The Bertz CT molecular complexity index is 678. The molecule has 0 aliphatic rings. The van der Waals surface area contributed by atoms with Crippen molar-refractivity contribution in [2.24, 2.45) is 0 Å². The molecule has 4 nitrogen and oxygen atoms in total. The third-order valence-corrected chi connectivity index (χ3v) is 4.48. The molecule has 2 rings (SSSR count). The lowest BCUT2D eigenvalue weighted by atomic mass is 10.0. The summed E-state index contributed by atoms with van der Waals surface area (Å²) in [5.74, 6) is -0.559. The molecule has 0 unspecified atom stereocenters. The summed E-state index contributed by atoms with van der Waals surface area (Å²) in [7, 11) is -0.702. The minimum Gasteiger partial charge on any atom is -0.421 e. The Morgan fingerprint density at radius 2 is 1.80 bits per heavy atom. The Kier molecular flexibility index (Phi) is 9.02. The van der Waals surface area contributed by atoms with E-state index in [0.29, 0.717) is 11.1 Å². The molecule has 0 radical (unpaired) electrons. The van der Waals surface area contributed by atoms with Gasteiger partial charge in [-0.25, -0.2) is 4.39 Å². The third-order valence-electron chi connectivity index (χ3n) is 3.58. The Balaban J connectivity index is 0.000000333. The van der Waals surface area contributed by atoms with Crippen LogP contribution in [0.5, 0.6) is 0 Å². The van der Waals surface area contributed by atoms with Crippen molar-refractivity contribution in [3.63, 3.8) is 0 Å². The van der Waals surface area contributed by atoms with Gasteiger partial charge in [0, 0.05) is 6.61 Å². The van der Waals surface area contributed by atoms with Gasteiger partial charge in [-0.15, -0.1) is 0 Å². The maximum atomic E-state index is 13.3. The second-order valence-corrected chi connectivity index (χ2v) is 8.40. The summed E-state index contributed by atoms with van der Waals surface area (Å²) >= 11 is 0. The summed E-state index contributed by atoms with van der Waals surface area (Å²) in [6, 6.07) is 11.6. The first-order valence-electron chi connectivity index (χ1n) is 8.49. The molecule has 0 bridgehead atoms. The van der Waals surface area contributed by atoms with Crippen LogP contribution in [0.3, 0.4) is 0 Å².